The highest BCUT2D eigenvalue weighted by molar-refractivity contribution is 6.06. The van der Waals surface area contributed by atoms with E-state index in [0.717, 1.165) is 42.6 Å². The van der Waals surface area contributed by atoms with Crippen molar-refractivity contribution in [1.82, 2.24) is 0 Å². The van der Waals surface area contributed by atoms with E-state index in [0.29, 0.717) is 29.5 Å². The van der Waals surface area contributed by atoms with E-state index < -0.39 is 0 Å². The van der Waals surface area contributed by atoms with Crippen LogP contribution >= 0.6 is 0 Å². The highest BCUT2D eigenvalue weighted by Gasteiger charge is 2.56. The third-order valence-corrected chi connectivity index (χ3v) is 8.52. The molecule has 0 amide bonds. The van der Waals surface area contributed by atoms with E-state index in [1.807, 2.05) is 0 Å². The third-order valence-electron chi connectivity index (χ3n) is 8.52. The molecule has 2 aromatic rings. The second kappa shape index (κ2) is 7.65. The summed E-state index contributed by atoms with van der Waals surface area (Å²) in [6, 6.07) is 15.4. The number of fused-ring (bicyclic) bond motifs is 5. The Labute approximate surface area is 186 Å². The molecule has 162 valence electrons. The molecule has 2 heteroatoms. The van der Waals surface area contributed by atoms with E-state index in [-0.39, 0.29) is 5.41 Å². The minimum absolute atomic E-state index is 0.186. The van der Waals surface area contributed by atoms with Gasteiger partial charge in [0, 0.05) is 5.41 Å². The Kier molecular flexibility index (Phi) is 5.07. The van der Waals surface area contributed by atoms with Crippen LogP contribution in [0, 0.1) is 17.3 Å². The van der Waals surface area contributed by atoms with Gasteiger partial charge in [0.2, 0.25) is 0 Å². The van der Waals surface area contributed by atoms with Crippen molar-refractivity contribution in [2.75, 3.05) is 7.11 Å². The molecular formula is C29H34O2. The van der Waals surface area contributed by atoms with Gasteiger partial charge in [-0.15, -0.1) is 0 Å². The number of hydrogen-bond donors (Lipinski definition) is 0. The summed E-state index contributed by atoms with van der Waals surface area (Å²) in [7, 11) is 1.74. The molecule has 0 aliphatic heterocycles. The lowest BCUT2D eigenvalue weighted by molar-refractivity contribution is -0.127. The zero-order chi connectivity index (χ0) is 21.8. The maximum Gasteiger partial charge on any atom is 0.165 e. The van der Waals surface area contributed by atoms with Crippen LogP contribution in [0.15, 0.2) is 48.0 Å². The third kappa shape index (κ3) is 3.35. The quantitative estimate of drug-likeness (QED) is 0.509. The van der Waals surface area contributed by atoms with E-state index in [9.17, 15) is 4.79 Å². The molecule has 3 aliphatic carbocycles. The molecule has 2 nitrogen and oxygen atoms in total. The molecule has 0 spiro atoms. The Hall–Kier alpha value is -2.35. The zero-order valence-corrected chi connectivity index (χ0v) is 19.3. The summed E-state index contributed by atoms with van der Waals surface area (Å²) < 4.78 is 5.45. The summed E-state index contributed by atoms with van der Waals surface area (Å²) in [4.78, 5) is 13.6. The van der Waals surface area contributed by atoms with Crippen molar-refractivity contribution >= 4 is 11.9 Å². The molecule has 5 rings (SSSR count). The van der Waals surface area contributed by atoms with Crippen LogP contribution in [0.25, 0.3) is 6.08 Å². The van der Waals surface area contributed by atoms with Crippen molar-refractivity contribution in [3.8, 4) is 5.75 Å². The fourth-order valence-corrected chi connectivity index (χ4v) is 6.66. The number of aryl methyl sites for hydroxylation is 1. The largest absolute Gasteiger partial charge is 0.497 e. The van der Waals surface area contributed by atoms with Gasteiger partial charge in [-0.25, -0.2) is 0 Å². The van der Waals surface area contributed by atoms with E-state index in [1.165, 1.54) is 23.1 Å². The van der Waals surface area contributed by atoms with Crippen LogP contribution in [0.2, 0.25) is 0 Å². The van der Waals surface area contributed by atoms with Gasteiger partial charge in [-0.05, 0) is 102 Å². The molecule has 0 aromatic heterocycles. The first-order valence-corrected chi connectivity index (χ1v) is 11.9. The molecular weight excluding hydrogens is 380 g/mol. The summed E-state index contributed by atoms with van der Waals surface area (Å²) >= 11 is 0. The number of ether oxygens (including phenoxy) is 1. The van der Waals surface area contributed by atoms with E-state index in [4.69, 9.17) is 4.74 Å². The molecule has 4 atom stereocenters. The Morgan fingerprint density at radius 3 is 2.58 bits per heavy atom. The van der Waals surface area contributed by atoms with Gasteiger partial charge in [0.1, 0.15) is 5.75 Å². The van der Waals surface area contributed by atoms with Gasteiger partial charge < -0.3 is 4.74 Å². The lowest BCUT2D eigenvalue weighted by atomic mass is 9.55. The minimum atomic E-state index is -0.186. The molecule has 0 radical (unpaired) electrons. The van der Waals surface area contributed by atoms with Crippen LogP contribution in [0.3, 0.4) is 0 Å². The Balaban J connectivity index is 1.43. The van der Waals surface area contributed by atoms with E-state index >= 15 is 0 Å². The smallest absolute Gasteiger partial charge is 0.165 e. The summed E-state index contributed by atoms with van der Waals surface area (Å²) in [5.74, 6) is 3.56. The molecule has 31 heavy (non-hydrogen) atoms. The van der Waals surface area contributed by atoms with Gasteiger partial charge in [-0.3, -0.25) is 4.79 Å². The number of ketones is 1. The molecule has 0 saturated heterocycles. The average molecular weight is 415 g/mol. The van der Waals surface area contributed by atoms with Gasteiger partial charge in [-0.1, -0.05) is 51.1 Å². The normalized spacial score (nSPS) is 30.8. The Morgan fingerprint density at radius 2 is 1.87 bits per heavy atom. The number of hydrogen-bond acceptors (Lipinski definition) is 2. The van der Waals surface area contributed by atoms with Crippen LogP contribution in [0.4, 0.5) is 0 Å². The van der Waals surface area contributed by atoms with Crippen LogP contribution in [-0.2, 0) is 11.2 Å². The molecule has 0 bridgehead atoms. The summed E-state index contributed by atoms with van der Waals surface area (Å²) in [5.41, 5.74) is 6.33. The van der Waals surface area contributed by atoms with Crippen molar-refractivity contribution < 1.29 is 9.53 Å². The average Bonchev–Trinajstić information content (AvgIpc) is 3.04. The number of rotatable bonds is 3. The maximum atomic E-state index is 13.6. The molecule has 2 aromatic carbocycles. The second-order valence-electron chi connectivity index (χ2n) is 10.5. The van der Waals surface area contributed by atoms with Crippen LogP contribution in [0.1, 0.15) is 80.5 Å². The Bertz CT molecular complexity index is 1030. The summed E-state index contributed by atoms with van der Waals surface area (Å²) in [5, 5.41) is 0. The first-order chi connectivity index (χ1) is 14.9. The van der Waals surface area contributed by atoms with Crippen molar-refractivity contribution in [3.63, 3.8) is 0 Å². The van der Waals surface area contributed by atoms with Gasteiger partial charge >= 0.3 is 0 Å². The topological polar surface area (TPSA) is 26.3 Å². The Morgan fingerprint density at radius 1 is 1.10 bits per heavy atom. The molecule has 2 fully saturated rings. The zero-order valence-electron chi connectivity index (χ0n) is 19.3. The maximum absolute atomic E-state index is 13.6. The number of allylic oxidation sites excluding steroid dienone is 1. The monoisotopic (exact) mass is 414 g/mol. The lowest BCUT2D eigenvalue weighted by Crippen LogP contribution is -2.42. The fourth-order valence-electron chi connectivity index (χ4n) is 6.66. The van der Waals surface area contributed by atoms with Crippen LogP contribution in [0.5, 0.6) is 5.75 Å². The van der Waals surface area contributed by atoms with E-state index in [2.05, 4.69) is 69.3 Å². The first-order valence-electron chi connectivity index (χ1n) is 11.9. The molecule has 0 heterocycles. The molecule has 0 N–H and O–H groups in total. The van der Waals surface area contributed by atoms with Gasteiger partial charge in [0.05, 0.1) is 7.11 Å². The number of Topliss-reactive ketones (excluding diaryl/α,β-unsaturated/α-hetero) is 1. The number of carbonyl (C=O) groups excluding carboxylic acids is 1. The second-order valence-corrected chi connectivity index (χ2v) is 10.5. The fraction of sp³-hybridized carbons (Fsp3) is 0.483. The van der Waals surface area contributed by atoms with Crippen molar-refractivity contribution in [2.45, 2.75) is 64.7 Å². The van der Waals surface area contributed by atoms with Crippen LogP contribution in [-0.4, -0.2) is 12.9 Å². The molecule has 2 saturated carbocycles. The number of benzene rings is 2. The lowest BCUT2D eigenvalue weighted by Gasteiger charge is -2.48. The van der Waals surface area contributed by atoms with Crippen molar-refractivity contribution in [3.05, 3.63) is 70.3 Å². The highest BCUT2D eigenvalue weighted by Crippen LogP contribution is 2.60. The van der Waals surface area contributed by atoms with E-state index in [1.54, 1.807) is 7.11 Å². The number of methoxy groups -OCH3 is 1. The van der Waals surface area contributed by atoms with Gasteiger partial charge in [0.25, 0.3) is 0 Å². The van der Waals surface area contributed by atoms with Gasteiger partial charge in [0.15, 0.2) is 5.78 Å². The standard InChI is InChI=1S/C29H34O2/c1-18(2)20-7-5-19(6-8-20)15-22-17-27-26-11-9-21-16-23(31-4)10-12-24(21)25(26)13-14-29(27,3)28(22)30/h5-8,10,12,15-16,18,25-27H,9,11,13-14,17H2,1-4H3/b22-15+/t25-,26-,27+,29+/m1/s1. The minimum Gasteiger partial charge on any atom is -0.497 e. The SMILES string of the molecule is COc1ccc2c(c1)CC[C@@H]1[C@@H]2CC[C@]2(C)C(=O)/C(=C/c3ccc(C(C)C)cc3)C[C@@H]12. The number of carbonyl (C=O) groups is 1. The van der Waals surface area contributed by atoms with Crippen molar-refractivity contribution in [1.29, 1.82) is 0 Å². The molecule has 0 unspecified atom stereocenters. The van der Waals surface area contributed by atoms with Gasteiger partial charge in [-0.2, -0.15) is 0 Å². The van der Waals surface area contributed by atoms with Crippen LogP contribution < -0.4 is 4.74 Å². The molecule has 3 aliphatic rings. The summed E-state index contributed by atoms with van der Waals surface area (Å²) in [6.07, 6.45) is 7.53. The predicted molar refractivity (Wildman–Crippen MR) is 127 cm³/mol. The van der Waals surface area contributed by atoms with Crippen molar-refractivity contribution in [2.24, 2.45) is 17.3 Å². The highest BCUT2D eigenvalue weighted by atomic mass is 16.5. The predicted octanol–water partition coefficient (Wildman–Crippen LogP) is 6.94. The first kappa shape index (κ1) is 20.5. The summed E-state index contributed by atoms with van der Waals surface area (Å²) in [6.45, 7) is 6.69.